The van der Waals surface area contributed by atoms with Gasteiger partial charge in [-0.05, 0) is 11.6 Å². The first-order valence-electron chi connectivity index (χ1n) is 7.79. The van der Waals surface area contributed by atoms with Crippen LogP contribution in [0.5, 0.6) is 0 Å². The fourth-order valence-electron chi connectivity index (χ4n) is 2.80. The standard InChI is InChI=1S/C17H16F2N4O2/c18-16(19)12-8-13(22-10-21-12)17(25)23-7-6-20-15(24)9-14(23)11-4-2-1-3-5-11/h1-5,8,10,14,16H,6-7,9H2,(H,20,24). The molecular formula is C17H16F2N4O2. The molecule has 3 rings (SSSR count). The first-order chi connectivity index (χ1) is 12.1. The smallest absolute Gasteiger partial charge is 0.280 e. The second-order valence-electron chi connectivity index (χ2n) is 5.61. The van der Waals surface area contributed by atoms with Crippen molar-refractivity contribution in [1.82, 2.24) is 20.2 Å². The molecule has 1 atom stereocenters. The molecule has 0 radical (unpaired) electrons. The summed E-state index contributed by atoms with van der Waals surface area (Å²) in [7, 11) is 0. The highest BCUT2D eigenvalue weighted by Crippen LogP contribution is 2.27. The Kier molecular flexibility index (Phi) is 4.97. The fourth-order valence-corrected chi connectivity index (χ4v) is 2.80. The molecule has 8 heteroatoms. The van der Waals surface area contributed by atoms with E-state index in [-0.39, 0.29) is 24.6 Å². The van der Waals surface area contributed by atoms with Gasteiger partial charge in [0.2, 0.25) is 5.91 Å². The van der Waals surface area contributed by atoms with E-state index in [1.54, 1.807) is 0 Å². The van der Waals surface area contributed by atoms with Gasteiger partial charge in [-0.3, -0.25) is 9.59 Å². The van der Waals surface area contributed by atoms with Crippen molar-refractivity contribution in [2.24, 2.45) is 0 Å². The quantitative estimate of drug-likeness (QED) is 0.924. The number of carbonyl (C=O) groups excluding carboxylic acids is 2. The maximum atomic E-state index is 12.9. The number of benzene rings is 1. The lowest BCUT2D eigenvalue weighted by Gasteiger charge is -2.29. The molecule has 2 aromatic rings. The molecule has 1 aromatic heterocycles. The molecular weight excluding hydrogens is 330 g/mol. The van der Waals surface area contributed by atoms with Gasteiger partial charge in [0.25, 0.3) is 12.3 Å². The maximum Gasteiger partial charge on any atom is 0.280 e. The Morgan fingerprint density at radius 1 is 1.24 bits per heavy atom. The molecule has 0 spiro atoms. The van der Waals surface area contributed by atoms with E-state index in [0.29, 0.717) is 6.54 Å². The molecule has 1 unspecified atom stereocenters. The molecule has 0 bridgehead atoms. The van der Waals surface area contributed by atoms with E-state index in [4.69, 9.17) is 0 Å². The third-order valence-corrected chi connectivity index (χ3v) is 4.01. The highest BCUT2D eigenvalue weighted by molar-refractivity contribution is 5.93. The van der Waals surface area contributed by atoms with Crippen molar-refractivity contribution in [1.29, 1.82) is 0 Å². The summed E-state index contributed by atoms with van der Waals surface area (Å²) in [6, 6.07) is 9.64. The van der Waals surface area contributed by atoms with Crippen LogP contribution in [0.4, 0.5) is 8.78 Å². The molecule has 25 heavy (non-hydrogen) atoms. The van der Waals surface area contributed by atoms with Crippen molar-refractivity contribution < 1.29 is 18.4 Å². The molecule has 2 heterocycles. The van der Waals surface area contributed by atoms with Gasteiger partial charge in [0, 0.05) is 13.1 Å². The SMILES string of the molecule is O=C1CC(c2ccccc2)N(C(=O)c2cc(C(F)F)ncn2)CCN1. The second kappa shape index (κ2) is 7.33. The summed E-state index contributed by atoms with van der Waals surface area (Å²) in [6.07, 6.45) is -1.73. The van der Waals surface area contributed by atoms with Gasteiger partial charge in [0.05, 0.1) is 12.5 Å². The molecule has 2 amide bonds. The minimum absolute atomic E-state index is 0.0997. The largest absolute Gasteiger partial charge is 0.354 e. The molecule has 1 aromatic carbocycles. The molecule has 1 aliphatic heterocycles. The van der Waals surface area contributed by atoms with E-state index < -0.39 is 24.1 Å². The van der Waals surface area contributed by atoms with E-state index in [0.717, 1.165) is 18.0 Å². The van der Waals surface area contributed by atoms with Crippen LogP contribution >= 0.6 is 0 Å². The van der Waals surface area contributed by atoms with Gasteiger partial charge in [-0.15, -0.1) is 0 Å². The van der Waals surface area contributed by atoms with Crippen LogP contribution in [0.3, 0.4) is 0 Å². The van der Waals surface area contributed by atoms with Crippen LogP contribution < -0.4 is 5.32 Å². The molecule has 130 valence electrons. The molecule has 0 saturated carbocycles. The van der Waals surface area contributed by atoms with Crippen LogP contribution in [0.1, 0.15) is 40.6 Å². The summed E-state index contributed by atoms with van der Waals surface area (Å²) in [6.45, 7) is 0.554. The van der Waals surface area contributed by atoms with Crippen molar-refractivity contribution in [3.8, 4) is 0 Å². The summed E-state index contributed by atoms with van der Waals surface area (Å²) < 4.78 is 25.7. The Morgan fingerprint density at radius 2 is 2.00 bits per heavy atom. The van der Waals surface area contributed by atoms with Gasteiger partial charge in [-0.25, -0.2) is 18.7 Å². The summed E-state index contributed by atoms with van der Waals surface area (Å²) in [4.78, 5) is 33.6. The Labute approximate surface area is 142 Å². The van der Waals surface area contributed by atoms with Crippen LogP contribution in [-0.4, -0.2) is 39.8 Å². The first kappa shape index (κ1) is 16.9. The van der Waals surface area contributed by atoms with Gasteiger partial charge in [-0.2, -0.15) is 0 Å². The minimum Gasteiger partial charge on any atom is -0.354 e. The zero-order chi connectivity index (χ0) is 17.8. The lowest BCUT2D eigenvalue weighted by atomic mass is 10.0. The zero-order valence-electron chi connectivity index (χ0n) is 13.2. The highest BCUT2D eigenvalue weighted by Gasteiger charge is 2.31. The lowest BCUT2D eigenvalue weighted by molar-refractivity contribution is -0.121. The van der Waals surface area contributed by atoms with Crippen molar-refractivity contribution in [3.05, 3.63) is 59.7 Å². The van der Waals surface area contributed by atoms with Crippen LogP contribution in [0.25, 0.3) is 0 Å². The highest BCUT2D eigenvalue weighted by atomic mass is 19.3. The van der Waals surface area contributed by atoms with E-state index in [2.05, 4.69) is 15.3 Å². The lowest BCUT2D eigenvalue weighted by Crippen LogP contribution is -2.37. The van der Waals surface area contributed by atoms with E-state index >= 15 is 0 Å². The molecule has 1 aliphatic rings. The van der Waals surface area contributed by atoms with Gasteiger partial charge >= 0.3 is 0 Å². The van der Waals surface area contributed by atoms with Crippen molar-refractivity contribution >= 4 is 11.8 Å². The molecule has 1 saturated heterocycles. The average Bonchev–Trinajstić information content (AvgIpc) is 2.83. The van der Waals surface area contributed by atoms with Gasteiger partial charge < -0.3 is 10.2 Å². The molecule has 6 nitrogen and oxygen atoms in total. The number of alkyl halides is 2. The third kappa shape index (κ3) is 3.78. The maximum absolute atomic E-state index is 12.9. The van der Waals surface area contributed by atoms with Crippen LogP contribution in [-0.2, 0) is 4.79 Å². The number of halogens is 2. The van der Waals surface area contributed by atoms with Gasteiger partial charge in [0.15, 0.2) is 0 Å². The Bertz CT molecular complexity index is 770. The van der Waals surface area contributed by atoms with Crippen molar-refractivity contribution in [2.45, 2.75) is 18.9 Å². The van der Waals surface area contributed by atoms with E-state index in [1.165, 1.54) is 4.90 Å². The second-order valence-corrected chi connectivity index (χ2v) is 5.61. The Hall–Kier alpha value is -2.90. The van der Waals surface area contributed by atoms with Crippen LogP contribution in [0, 0.1) is 0 Å². The number of nitrogens with zero attached hydrogens (tertiary/aromatic N) is 3. The number of carbonyl (C=O) groups is 2. The van der Waals surface area contributed by atoms with Crippen molar-refractivity contribution in [3.63, 3.8) is 0 Å². The summed E-state index contributed by atoms with van der Waals surface area (Å²) >= 11 is 0. The van der Waals surface area contributed by atoms with Crippen molar-refractivity contribution in [2.75, 3.05) is 13.1 Å². The Balaban J connectivity index is 1.95. The minimum atomic E-state index is -2.79. The number of rotatable bonds is 3. The first-order valence-corrected chi connectivity index (χ1v) is 7.79. The monoisotopic (exact) mass is 346 g/mol. The zero-order valence-corrected chi connectivity index (χ0v) is 13.2. The molecule has 1 N–H and O–H groups in total. The fraction of sp³-hybridized carbons (Fsp3) is 0.294. The van der Waals surface area contributed by atoms with Crippen LogP contribution in [0.15, 0.2) is 42.7 Å². The van der Waals surface area contributed by atoms with E-state index in [9.17, 15) is 18.4 Å². The number of hydrogen-bond donors (Lipinski definition) is 1. The topological polar surface area (TPSA) is 75.2 Å². The van der Waals surface area contributed by atoms with Gasteiger partial charge in [0.1, 0.15) is 17.7 Å². The summed E-state index contributed by atoms with van der Waals surface area (Å²) in [5, 5.41) is 2.72. The average molecular weight is 346 g/mol. The predicted molar refractivity (Wildman–Crippen MR) is 84.8 cm³/mol. The number of amides is 2. The summed E-state index contributed by atoms with van der Waals surface area (Å²) in [5.74, 6) is -0.672. The molecule has 1 fully saturated rings. The Morgan fingerprint density at radius 3 is 2.72 bits per heavy atom. The number of nitrogens with one attached hydrogen (secondary N) is 1. The normalized spacial score (nSPS) is 18.0. The van der Waals surface area contributed by atoms with Gasteiger partial charge in [-0.1, -0.05) is 30.3 Å². The molecule has 0 aliphatic carbocycles. The van der Waals surface area contributed by atoms with E-state index in [1.807, 2.05) is 30.3 Å². The van der Waals surface area contributed by atoms with Crippen LogP contribution in [0.2, 0.25) is 0 Å². The number of aromatic nitrogens is 2. The predicted octanol–water partition coefficient (Wildman–Crippen LogP) is 2.12. The third-order valence-electron chi connectivity index (χ3n) is 4.01. The number of hydrogen-bond acceptors (Lipinski definition) is 4. The summed E-state index contributed by atoms with van der Waals surface area (Å²) in [5.41, 5.74) is 0.190.